The van der Waals surface area contributed by atoms with Crippen molar-refractivity contribution in [3.05, 3.63) is 54.2 Å². The smallest absolute Gasteiger partial charge is 0.227 e. The normalized spacial score (nSPS) is 25.1. The number of nitrogens with zero attached hydrogens (tertiary/aromatic N) is 3. The molecular formula is C21H23N3O2. The molecule has 1 amide bonds. The molecule has 1 aliphatic heterocycles. The number of para-hydroxylation sites is 2. The second kappa shape index (κ2) is 6.01. The van der Waals surface area contributed by atoms with Crippen LogP contribution in [-0.4, -0.2) is 26.9 Å². The van der Waals surface area contributed by atoms with Crippen molar-refractivity contribution in [1.29, 1.82) is 0 Å². The number of aromatic nitrogens is 2. The highest BCUT2D eigenvalue weighted by atomic mass is 16.3. The van der Waals surface area contributed by atoms with Gasteiger partial charge in [0.2, 0.25) is 5.91 Å². The maximum absolute atomic E-state index is 13.2. The maximum Gasteiger partial charge on any atom is 0.227 e. The van der Waals surface area contributed by atoms with E-state index in [1.165, 1.54) is 0 Å². The van der Waals surface area contributed by atoms with E-state index in [2.05, 4.69) is 34.6 Å². The Kier molecular flexibility index (Phi) is 3.62. The number of hydrogen-bond acceptors (Lipinski definition) is 3. The molecule has 0 spiro atoms. The van der Waals surface area contributed by atoms with Gasteiger partial charge in [-0.1, -0.05) is 12.1 Å². The molecule has 1 aromatic carbocycles. The molecular weight excluding hydrogens is 326 g/mol. The van der Waals surface area contributed by atoms with Crippen molar-refractivity contribution in [1.82, 2.24) is 14.5 Å². The molecule has 5 rings (SSSR count). The molecule has 1 aliphatic carbocycles. The van der Waals surface area contributed by atoms with Gasteiger partial charge in [-0.15, -0.1) is 0 Å². The molecule has 26 heavy (non-hydrogen) atoms. The highest BCUT2D eigenvalue weighted by Crippen LogP contribution is 2.50. The number of likely N-dealkylation sites (tertiary alicyclic amines) is 1. The standard InChI is InChI=1S/C21H23N3O2/c1-2-23-17-8-4-3-7-16(17)22-20(23)18-9-5-11-24(18)21(25)15-13-14(15)19-10-6-12-26-19/h3-4,6-8,10,12,14-15,18H,2,5,9,11,13H2,1H3/t14-,15-,18-/m0/s1. The maximum atomic E-state index is 13.2. The first-order chi connectivity index (χ1) is 12.8. The first kappa shape index (κ1) is 15.7. The lowest BCUT2D eigenvalue weighted by atomic mass is 10.2. The summed E-state index contributed by atoms with van der Waals surface area (Å²) in [6, 6.07) is 12.2. The first-order valence-electron chi connectivity index (χ1n) is 9.57. The largest absolute Gasteiger partial charge is 0.469 e. The summed E-state index contributed by atoms with van der Waals surface area (Å²) < 4.78 is 7.77. The van der Waals surface area contributed by atoms with Crippen LogP contribution in [-0.2, 0) is 11.3 Å². The van der Waals surface area contributed by atoms with E-state index in [-0.39, 0.29) is 23.8 Å². The zero-order valence-electron chi connectivity index (χ0n) is 15.0. The molecule has 3 aromatic rings. The molecule has 3 atom stereocenters. The molecule has 2 aliphatic rings. The van der Waals surface area contributed by atoms with Gasteiger partial charge >= 0.3 is 0 Å². The molecule has 0 N–H and O–H groups in total. The molecule has 1 saturated carbocycles. The number of benzene rings is 1. The molecule has 5 heteroatoms. The van der Waals surface area contributed by atoms with Gasteiger partial charge < -0.3 is 13.9 Å². The Morgan fingerprint density at radius 2 is 2.15 bits per heavy atom. The van der Waals surface area contributed by atoms with E-state index in [0.29, 0.717) is 0 Å². The predicted molar refractivity (Wildman–Crippen MR) is 98.7 cm³/mol. The summed E-state index contributed by atoms with van der Waals surface area (Å²) in [5.74, 6) is 2.57. The third-order valence-corrected chi connectivity index (χ3v) is 5.85. The third-order valence-electron chi connectivity index (χ3n) is 5.85. The SMILES string of the molecule is CCn1c([C@@H]2CCCN2C(=O)[C@H]2C[C@@H]2c2ccco2)nc2ccccc21. The quantitative estimate of drug-likeness (QED) is 0.712. The van der Waals surface area contributed by atoms with Crippen LogP contribution in [0.1, 0.15) is 49.7 Å². The van der Waals surface area contributed by atoms with E-state index in [0.717, 1.165) is 55.0 Å². The number of aryl methyl sites for hydroxylation is 1. The molecule has 134 valence electrons. The van der Waals surface area contributed by atoms with Gasteiger partial charge in [0.15, 0.2) is 0 Å². The van der Waals surface area contributed by atoms with Crippen molar-refractivity contribution in [3.8, 4) is 0 Å². The summed E-state index contributed by atoms with van der Waals surface area (Å²) in [7, 11) is 0. The number of carbonyl (C=O) groups is 1. The number of hydrogen-bond donors (Lipinski definition) is 0. The minimum absolute atomic E-state index is 0.0706. The topological polar surface area (TPSA) is 51.3 Å². The highest BCUT2D eigenvalue weighted by Gasteiger charge is 2.49. The number of carbonyl (C=O) groups excluding carboxylic acids is 1. The van der Waals surface area contributed by atoms with E-state index in [4.69, 9.17) is 9.40 Å². The first-order valence-corrected chi connectivity index (χ1v) is 9.57. The fourth-order valence-electron chi connectivity index (χ4n) is 4.48. The average molecular weight is 349 g/mol. The Bertz CT molecular complexity index is 943. The summed E-state index contributed by atoms with van der Waals surface area (Å²) in [6.07, 6.45) is 4.63. The zero-order chi connectivity index (χ0) is 17.7. The van der Waals surface area contributed by atoms with Gasteiger partial charge in [-0.25, -0.2) is 4.98 Å². The molecule has 0 radical (unpaired) electrons. The molecule has 3 heterocycles. The number of rotatable bonds is 4. The van der Waals surface area contributed by atoms with E-state index in [9.17, 15) is 4.79 Å². The van der Waals surface area contributed by atoms with Crippen molar-refractivity contribution in [2.75, 3.05) is 6.54 Å². The number of imidazole rings is 1. The zero-order valence-corrected chi connectivity index (χ0v) is 15.0. The molecule has 1 saturated heterocycles. The second-order valence-corrected chi connectivity index (χ2v) is 7.36. The Hall–Kier alpha value is -2.56. The highest BCUT2D eigenvalue weighted by molar-refractivity contribution is 5.84. The summed E-state index contributed by atoms with van der Waals surface area (Å²) in [5.41, 5.74) is 2.17. The Morgan fingerprint density at radius 3 is 2.96 bits per heavy atom. The molecule has 2 aromatic heterocycles. The van der Waals surface area contributed by atoms with Crippen molar-refractivity contribution in [2.24, 2.45) is 5.92 Å². The van der Waals surface area contributed by atoms with Crippen LogP contribution in [0.15, 0.2) is 47.1 Å². The van der Waals surface area contributed by atoms with Crippen molar-refractivity contribution in [3.63, 3.8) is 0 Å². The number of furan rings is 1. The average Bonchev–Trinajstić information content (AvgIpc) is 3.08. The van der Waals surface area contributed by atoms with Crippen LogP contribution in [0.2, 0.25) is 0 Å². The third kappa shape index (κ3) is 2.37. The summed E-state index contributed by atoms with van der Waals surface area (Å²) in [6.45, 7) is 3.84. The molecule has 5 nitrogen and oxygen atoms in total. The van der Waals surface area contributed by atoms with Gasteiger partial charge in [0, 0.05) is 24.9 Å². The van der Waals surface area contributed by atoms with Crippen LogP contribution in [0.4, 0.5) is 0 Å². The summed E-state index contributed by atoms with van der Waals surface area (Å²) in [5, 5.41) is 0. The van der Waals surface area contributed by atoms with Gasteiger partial charge in [0.05, 0.1) is 23.3 Å². The van der Waals surface area contributed by atoms with Crippen LogP contribution in [0.25, 0.3) is 11.0 Å². The second-order valence-electron chi connectivity index (χ2n) is 7.36. The van der Waals surface area contributed by atoms with Crippen LogP contribution in [0.5, 0.6) is 0 Å². The number of fused-ring (bicyclic) bond motifs is 1. The van der Waals surface area contributed by atoms with Gasteiger partial charge in [0.25, 0.3) is 0 Å². The molecule has 2 fully saturated rings. The number of amides is 1. The van der Waals surface area contributed by atoms with Crippen molar-refractivity contribution in [2.45, 2.75) is 44.7 Å². The minimum atomic E-state index is 0.0706. The van der Waals surface area contributed by atoms with Gasteiger partial charge in [-0.3, -0.25) is 4.79 Å². The Morgan fingerprint density at radius 1 is 1.27 bits per heavy atom. The van der Waals surface area contributed by atoms with Crippen LogP contribution < -0.4 is 0 Å². The Labute approximate surface area is 152 Å². The van der Waals surface area contributed by atoms with E-state index >= 15 is 0 Å². The lowest BCUT2D eigenvalue weighted by Crippen LogP contribution is -2.33. The van der Waals surface area contributed by atoms with E-state index in [1.54, 1.807) is 6.26 Å². The van der Waals surface area contributed by atoms with Gasteiger partial charge in [-0.05, 0) is 50.5 Å². The van der Waals surface area contributed by atoms with Crippen molar-refractivity contribution < 1.29 is 9.21 Å². The van der Waals surface area contributed by atoms with Crippen LogP contribution >= 0.6 is 0 Å². The lowest BCUT2D eigenvalue weighted by molar-refractivity contribution is -0.133. The monoisotopic (exact) mass is 349 g/mol. The van der Waals surface area contributed by atoms with Gasteiger partial charge in [0.1, 0.15) is 11.6 Å². The fourth-order valence-corrected chi connectivity index (χ4v) is 4.48. The predicted octanol–water partition coefficient (Wildman–Crippen LogP) is 4.12. The summed E-state index contributed by atoms with van der Waals surface area (Å²) in [4.78, 5) is 20.1. The minimum Gasteiger partial charge on any atom is -0.469 e. The summed E-state index contributed by atoms with van der Waals surface area (Å²) >= 11 is 0. The fraction of sp³-hybridized carbons (Fsp3) is 0.429. The van der Waals surface area contributed by atoms with Gasteiger partial charge in [-0.2, -0.15) is 0 Å². The van der Waals surface area contributed by atoms with E-state index in [1.807, 2.05) is 18.2 Å². The Balaban J connectivity index is 1.44. The molecule has 0 bridgehead atoms. The molecule has 0 unspecified atom stereocenters. The van der Waals surface area contributed by atoms with Crippen LogP contribution in [0.3, 0.4) is 0 Å². The van der Waals surface area contributed by atoms with E-state index < -0.39 is 0 Å². The van der Waals surface area contributed by atoms with Crippen LogP contribution in [0, 0.1) is 5.92 Å². The lowest BCUT2D eigenvalue weighted by Gasteiger charge is -2.25. The van der Waals surface area contributed by atoms with Crippen molar-refractivity contribution >= 4 is 16.9 Å².